The van der Waals surface area contributed by atoms with Crippen LogP contribution < -0.4 is 26.7 Å². The van der Waals surface area contributed by atoms with Crippen molar-refractivity contribution in [2.24, 2.45) is 29.4 Å². The first kappa shape index (κ1) is 46.1. The van der Waals surface area contributed by atoms with Crippen LogP contribution >= 0.6 is 21.6 Å². The van der Waals surface area contributed by atoms with Crippen LogP contribution in [0.25, 0.3) is 11.0 Å². The topological polar surface area (TPSA) is 194 Å². The smallest absolute Gasteiger partial charge is 0.340 e. The number of hydrogen-bond donors (Lipinski definition) is 5. The third-order valence-electron chi connectivity index (χ3n) is 16.4. The Balaban J connectivity index is 1.18. The van der Waals surface area contributed by atoms with E-state index >= 15 is 0 Å². The molecule has 1 saturated heterocycles. The van der Waals surface area contributed by atoms with Gasteiger partial charge in [0.1, 0.15) is 17.6 Å². The third-order valence-corrected chi connectivity index (χ3v) is 19.2. The molecule has 3 aliphatic carbocycles. The van der Waals surface area contributed by atoms with Crippen molar-refractivity contribution >= 4 is 50.7 Å². The Kier molecular flexibility index (Phi) is 12.9. The molecule has 5 heterocycles. The Morgan fingerprint density at radius 2 is 1.98 bits per heavy atom. The number of rotatable bonds is 10. The van der Waals surface area contributed by atoms with Gasteiger partial charge in [-0.1, -0.05) is 58.6 Å². The zero-order valence-corrected chi connectivity index (χ0v) is 39.6. The largest absolute Gasteiger partial charge is 0.481 e. The number of allylic oxidation sites excluding steroid dienone is 2. The van der Waals surface area contributed by atoms with Crippen molar-refractivity contribution in [3.05, 3.63) is 86.1 Å². The van der Waals surface area contributed by atoms with E-state index in [1.807, 2.05) is 44.0 Å². The lowest BCUT2D eigenvalue weighted by Gasteiger charge is -2.58. The molecule has 3 fully saturated rings. The van der Waals surface area contributed by atoms with E-state index in [0.29, 0.717) is 79.2 Å². The van der Waals surface area contributed by atoms with Gasteiger partial charge in [-0.15, -0.1) is 0 Å². The number of aldehydes is 1. The number of ether oxygens (including phenoxy) is 2. The van der Waals surface area contributed by atoms with Gasteiger partial charge in [-0.05, 0) is 101 Å². The number of nitrogens with zero attached hydrogens (tertiary/aromatic N) is 1. The summed E-state index contributed by atoms with van der Waals surface area (Å²) in [6.45, 7) is 6.35. The molecular formula is C50H64N4O9S2. The summed E-state index contributed by atoms with van der Waals surface area (Å²) in [5.74, 6) is 0.492. The molecule has 1 spiro atoms. The monoisotopic (exact) mass is 928 g/mol. The van der Waals surface area contributed by atoms with Crippen LogP contribution in [0.5, 0.6) is 5.75 Å². The highest BCUT2D eigenvalue weighted by atomic mass is 33.1. The van der Waals surface area contributed by atoms with Crippen LogP contribution in [-0.4, -0.2) is 101 Å². The van der Waals surface area contributed by atoms with Gasteiger partial charge in [0, 0.05) is 96.0 Å². The summed E-state index contributed by atoms with van der Waals surface area (Å²) in [5.41, 5.74) is 8.28. The Hall–Kier alpha value is -4.02. The van der Waals surface area contributed by atoms with Gasteiger partial charge in [-0.2, -0.15) is 0 Å². The second-order valence-corrected chi connectivity index (χ2v) is 22.3. The third kappa shape index (κ3) is 7.78. The fourth-order valence-electron chi connectivity index (χ4n) is 12.8. The number of carbonyl (C=O) groups excluding carboxylic acids is 3. The van der Waals surface area contributed by atoms with Gasteiger partial charge in [-0.3, -0.25) is 4.79 Å². The molecule has 1 aromatic carbocycles. The van der Waals surface area contributed by atoms with Crippen LogP contribution in [0.15, 0.2) is 73.8 Å². The average molecular weight is 929 g/mol. The first-order chi connectivity index (χ1) is 31.3. The van der Waals surface area contributed by atoms with Crippen molar-refractivity contribution in [2.45, 2.75) is 125 Å². The summed E-state index contributed by atoms with van der Waals surface area (Å²) in [6.07, 6.45) is 14.0. The summed E-state index contributed by atoms with van der Waals surface area (Å²) in [7, 11) is 5.39. The molecule has 1 aromatic heterocycles. The molecule has 0 radical (unpaired) electrons. The van der Waals surface area contributed by atoms with Crippen molar-refractivity contribution in [3.63, 3.8) is 0 Å². The molecule has 6 N–H and O–H groups in total. The first-order valence-electron chi connectivity index (χ1n) is 23.5. The molecule has 65 heavy (non-hydrogen) atoms. The van der Waals surface area contributed by atoms with Crippen LogP contribution in [0.3, 0.4) is 0 Å². The highest BCUT2D eigenvalue weighted by molar-refractivity contribution is 8.77. The summed E-state index contributed by atoms with van der Waals surface area (Å²) in [4.78, 5) is 57.2. The predicted molar refractivity (Wildman–Crippen MR) is 253 cm³/mol. The summed E-state index contributed by atoms with van der Waals surface area (Å²) < 4.78 is 20.3. The van der Waals surface area contributed by atoms with E-state index in [1.165, 1.54) is 0 Å². The Morgan fingerprint density at radius 1 is 1.18 bits per heavy atom. The Labute approximate surface area is 388 Å². The van der Waals surface area contributed by atoms with Crippen molar-refractivity contribution < 1.29 is 38.5 Å². The minimum atomic E-state index is -1.23. The molecule has 0 bridgehead atoms. The first-order valence-corrected chi connectivity index (χ1v) is 25.9. The van der Waals surface area contributed by atoms with Gasteiger partial charge >= 0.3 is 11.6 Å². The fourth-order valence-corrected chi connectivity index (χ4v) is 15.9. The average Bonchev–Trinajstić information content (AvgIpc) is 3.66. The number of fused-ring (bicyclic) bond motifs is 5. The second kappa shape index (κ2) is 18.2. The second-order valence-electron chi connectivity index (χ2n) is 19.7. The molecule has 13 nitrogen and oxygen atoms in total. The van der Waals surface area contributed by atoms with Crippen LogP contribution in [0, 0.1) is 23.7 Å². The molecule has 9 rings (SSSR count). The Morgan fingerprint density at radius 3 is 2.71 bits per heavy atom. The van der Waals surface area contributed by atoms with Crippen molar-refractivity contribution in [1.82, 2.24) is 15.5 Å². The molecule has 15 heteroatoms. The maximum atomic E-state index is 14.6. The number of aliphatic hydroxyl groups excluding tert-OH is 2. The van der Waals surface area contributed by atoms with Crippen LogP contribution in [0.1, 0.15) is 96.1 Å². The number of amides is 1. The molecule has 9 atom stereocenters. The zero-order valence-electron chi connectivity index (χ0n) is 38.0. The molecule has 2 aromatic rings. The van der Waals surface area contributed by atoms with Crippen molar-refractivity contribution in [2.75, 3.05) is 39.1 Å². The van der Waals surface area contributed by atoms with Gasteiger partial charge in [0.2, 0.25) is 5.91 Å². The van der Waals surface area contributed by atoms with E-state index in [-0.39, 0.29) is 60.6 Å². The quantitative estimate of drug-likeness (QED) is 0.0483. The minimum Gasteiger partial charge on any atom is -0.481 e. The number of dihydropyridines is 1. The molecule has 7 aliphatic rings. The van der Waals surface area contributed by atoms with Crippen LogP contribution in [0.4, 0.5) is 0 Å². The van der Waals surface area contributed by atoms with Gasteiger partial charge in [-0.25, -0.2) is 9.59 Å². The lowest BCUT2D eigenvalue weighted by atomic mass is 9.61. The maximum Gasteiger partial charge on any atom is 0.340 e. The van der Waals surface area contributed by atoms with E-state index < -0.39 is 34.1 Å². The van der Waals surface area contributed by atoms with E-state index in [0.717, 1.165) is 66.1 Å². The van der Waals surface area contributed by atoms with E-state index in [4.69, 9.17) is 19.6 Å². The lowest BCUT2D eigenvalue weighted by Crippen LogP contribution is -2.71. The lowest BCUT2D eigenvalue weighted by molar-refractivity contribution is -0.186. The number of benzene rings is 1. The number of carbonyl (C=O) groups is 3. The van der Waals surface area contributed by atoms with Gasteiger partial charge in [0.15, 0.2) is 11.2 Å². The number of aliphatic hydroxyl groups is 2. The number of esters is 1. The number of hydrogen-bond acceptors (Lipinski definition) is 14. The van der Waals surface area contributed by atoms with E-state index in [2.05, 4.69) is 16.7 Å². The number of nitrogens with one attached hydrogen (secondary N) is 2. The summed E-state index contributed by atoms with van der Waals surface area (Å²) in [6, 6.07) is 5.82. The molecule has 0 unspecified atom stereocenters. The van der Waals surface area contributed by atoms with E-state index in [1.54, 1.807) is 40.7 Å². The number of nitrogens with two attached hydrogens (primary N) is 1. The van der Waals surface area contributed by atoms with Crippen molar-refractivity contribution in [1.29, 1.82) is 0 Å². The molecule has 350 valence electrons. The molecule has 4 aliphatic heterocycles. The maximum absolute atomic E-state index is 14.6. The van der Waals surface area contributed by atoms with Crippen LogP contribution in [-0.2, 0) is 31.0 Å². The highest BCUT2D eigenvalue weighted by Crippen LogP contribution is 2.58. The standard InChI is InChI=1S/C50H64N4O9S2/c1-5-28(2)46(59)63-48(3)14-11-29-27-64-65-40-18-33(25-56)44(52-4)36-24-54(45(36)40)42(58)19-32-23-53-41(51)20-35(32)43(29)50(48)22-31-16-30-17-37(47(60)61-38(30)21-39(31)62-50)49(12-7-6-8-13-49)34(26-57)10-9-15-55/h5,11,16-17,20-21,25,33-34,36,40,43-45,52-53,55,57H,6-10,12-15,18-19,22-24,26-27,51H2,1-4H3/b28-5+/t33-,34+,36-,40-,43-,44-,45-,48-,50-/m1/s1. The molecule has 2 saturated carbocycles. The van der Waals surface area contributed by atoms with Gasteiger partial charge < -0.3 is 50.2 Å². The molecule has 1 amide bonds. The SMILES string of the molecule is C/C=C(\C)C(=O)O[C@]1(C)CC=C2CSS[C@@H]3C[C@H](C=O)[C@@H](NC)[C@H]4CN(C(=O)CC5=C(C=C(N)NC5)[C@@H]2[C@]12Cc1cc5cc(C6([C@H](CO)CCCO)CCCCC6)c(=O)oc5cc1O2)[C@H]43. The Bertz CT molecular complexity index is 2420. The summed E-state index contributed by atoms with van der Waals surface area (Å²) >= 11 is 0. The zero-order chi connectivity index (χ0) is 45.8. The van der Waals surface area contributed by atoms with Crippen LogP contribution in [0.2, 0.25) is 0 Å². The highest BCUT2D eigenvalue weighted by Gasteiger charge is 2.64. The normalized spacial score (nSPS) is 32.5. The van der Waals surface area contributed by atoms with Gasteiger partial charge in [0.05, 0.1) is 24.2 Å². The predicted octanol–water partition coefficient (Wildman–Crippen LogP) is 5.75. The fraction of sp³-hybridized carbons (Fsp3) is 0.600. The minimum absolute atomic E-state index is 0.0113. The van der Waals surface area contributed by atoms with Gasteiger partial charge in [0.25, 0.3) is 0 Å². The molecular weight excluding hydrogens is 865 g/mol. The van der Waals surface area contributed by atoms with E-state index in [9.17, 15) is 29.4 Å². The van der Waals surface area contributed by atoms with Crippen molar-refractivity contribution in [3.8, 4) is 5.75 Å². The summed E-state index contributed by atoms with van der Waals surface area (Å²) in [5, 5.41) is 28.0.